The minimum absolute atomic E-state index is 0.132. The van der Waals surface area contributed by atoms with Gasteiger partial charge in [0.15, 0.2) is 0 Å². The first-order chi connectivity index (χ1) is 10.4. The summed E-state index contributed by atoms with van der Waals surface area (Å²) in [6.07, 6.45) is 6.01. The first-order valence-corrected chi connectivity index (χ1v) is 7.92. The Balaban J connectivity index is 1.65. The van der Waals surface area contributed by atoms with Gasteiger partial charge in [-0.25, -0.2) is 0 Å². The number of carbonyl (C=O) groups excluding carboxylic acids is 1. The molecular weight excluding hydrogens is 282 g/mol. The minimum Gasteiger partial charge on any atom is -0.480 e. The Labute approximate surface area is 129 Å². The molecule has 2 aliphatic rings. The molecule has 3 rings (SSSR count). The van der Waals surface area contributed by atoms with Crippen LogP contribution in [0, 0.1) is 10.8 Å². The fourth-order valence-corrected chi connectivity index (χ4v) is 3.97. The van der Waals surface area contributed by atoms with Crippen molar-refractivity contribution >= 4 is 11.9 Å². The van der Waals surface area contributed by atoms with Crippen LogP contribution in [0.5, 0.6) is 0 Å². The summed E-state index contributed by atoms with van der Waals surface area (Å²) in [4.78, 5) is 24.1. The van der Waals surface area contributed by atoms with Gasteiger partial charge in [-0.3, -0.25) is 14.7 Å². The van der Waals surface area contributed by atoms with Crippen molar-refractivity contribution in [2.45, 2.75) is 58.4 Å². The van der Waals surface area contributed by atoms with Gasteiger partial charge in [0.1, 0.15) is 5.41 Å². The molecule has 6 nitrogen and oxygen atoms in total. The third kappa shape index (κ3) is 2.21. The number of carboxylic acid groups (broad SMARTS) is 1. The van der Waals surface area contributed by atoms with Crippen LogP contribution >= 0.6 is 0 Å². The van der Waals surface area contributed by atoms with Crippen molar-refractivity contribution in [3.8, 4) is 0 Å². The first kappa shape index (κ1) is 15.1. The molecule has 2 saturated carbocycles. The summed E-state index contributed by atoms with van der Waals surface area (Å²) < 4.78 is 0. The lowest BCUT2D eigenvalue weighted by atomic mass is 9.45. The number of hydrogen-bond donors (Lipinski definition) is 3. The van der Waals surface area contributed by atoms with E-state index >= 15 is 0 Å². The number of aliphatic carboxylic acids is 1. The predicted octanol–water partition coefficient (Wildman–Crippen LogP) is 2.18. The summed E-state index contributed by atoms with van der Waals surface area (Å²) in [7, 11) is 0. The Morgan fingerprint density at radius 1 is 1.41 bits per heavy atom. The van der Waals surface area contributed by atoms with Crippen LogP contribution in [-0.4, -0.2) is 27.2 Å². The lowest BCUT2D eigenvalue weighted by Crippen LogP contribution is -2.61. The van der Waals surface area contributed by atoms with Crippen molar-refractivity contribution in [3.63, 3.8) is 0 Å². The number of carbonyl (C=O) groups is 2. The number of nitrogens with one attached hydrogen (secondary N) is 2. The maximum absolute atomic E-state index is 12.5. The Kier molecular flexibility index (Phi) is 3.50. The van der Waals surface area contributed by atoms with E-state index in [1.165, 1.54) is 0 Å². The maximum atomic E-state index is 12.5. The Hall–Kier alpha value is -1.85. The minimum atomic E-state index is -1.22. The molecule has 120 valence electrons. The number of nitrogens with zero attached hydrogens (tertiary/aromatic N) is 1. The second-order valence-electron chi connectivity index (χ2n) is 7.24. The largest absolute Gasteiger partial charge is 0.480 e. The SMILES string of the molecule is CC(C)c1cn[nH]c1CNC(=O)C1(C(=O)O)CC2(CCC2)C1. The molecule has 0 bridgehead atoms. The fourth-order valence-electron chi connectivity index (χ4n) is 3.97. The van der Waals surface area contributed by atoms with E-state index in [9.17, 15) is 14.7 Å². The van der Waals surface area contributed by atoms with Gasteiger partial charge in [0.2, 0.25) is 5.91 Å². The van der Waals surface area contributed by atoms with Crippen molar-refractivity contribution in [2.75, 3.05) is 0 Å². The molecule has 0 saturated heterocycles. The van der Waals surface area contributed by atoms with Crippen LogP contribution in [0.1, 0.15) is 63.1 Å². The molecule has 1 heterocycles. The number of H-pyrrole nitrogens is 1. The first-order valence-electron chi connectivity index (χ1n) is 7.92. The van der Waals surface area contributed by atoms with E-state index < -0.39 is 11.4 Å². The van der Waals surface area contributed by atoms with Crippen molar-refractivity contribution in [3.05, 3.63) is 17.5 Å². The molecule has 1 aromatic rings. The Bertz CT molecular complexity index is 594. The van der Waals surface area contributed by atoms with Crippen LogP contribution < -0.4 is 5.32 Å². The zero-order valence-corrected chi connectivity index (χ0v) is 13.1. The number of aromatic amines is 1. The van der Waals surface area contributed by atoms with Crippen molar-refractivity contribution in [1.29, 1.82) is 0 Å². The van der Waals surface area contributed by atoms with Gasteiger partial charge in [-0.1, -0.05) is 20.3 Å². The van der Waals surface area contributed by atoms with Crippen LogP contribution in [-0.2, 0) is 16.1 Å². The quantitative estimate of drug-likeness (QED) is 0.727. The highest BCUT2D eigenvalue weighted by Gasteiger charge is 2.64. The van der Waals surface area contributed by atoms with E-state index in [2.05, 4.69) is 29.4 Å². The van der Waals surface area contributed by atoms with Gasteiger partial charge in [0, 0.05) is 0 Å². The molecular formula is C16H23N3O3. The van der Waals surface area contributed by atoms with Crippen LogP contribution in [0.4, 0.5) is 0 Å². The number of carboxylic acids is 1. The second-order valence-corrected chi connectivity index (χ2v) is 7.24. The van der Waals surface area contributed by atoms with E-state index in [0.29, 0.717) is 25.3 Å². The van der Waals surface area contributed by atoms with Crippen LogP contribution in [0.15, 0.2) is 6.20 Å². The number of aromatic nitrogens is 2. The summed E-state index contributed by atoms with van der Waals surface area (Å²) in [5.41, 5.74) is 0.806. The molecule has 2 aliphatic carbocycles. The molecule has 1 spiro atoms. The van der Waals surface area contributed by atoms with E-state index in [-0.39, 0.29) is 11.3 Å². The fraction of sp³-hybridized carbons (Fsp3) is 0.688. The molecule has 0 aromatic carbocycles. The topological polar surface area (TPSA) is 95.1 Å². The summed E-state index contributed by atoms with van der Waals surface area (Å²) >= 11 is 0. The average Bonchev–Trinajstić information content (AvgIpc) is 2.81. The third-order valence-electron chi connectivity index (χ3n) is 5.41. The zero-order chi connectivity index (χ0) is 16.0. The molecule has 0 atom stereocenters. The molecule has 1 amide bonds. The molecule has 0 radical (unpaired) electrons. The van der Waals surface area contributed by atoms with Gasteiger partial charge in [0.05, 0.1) is 18.4 Å². The van der Waals surface area contributed by atoms with E-state index in [1.807, 2.05) is 0 Å². The summed E-state index contributed by atoms with van der Waals surface area (Å²) in [5.74, 6) is -1.04. The van der Waals surface area contributed by atoms with Crippen molar-refractivity contribution in [1.82, 2.24) is 15.5 Å². The Morgan fingerprint density at radius 3 is 2.59 bits per heavy atom. The molecule has 3 N–H and O–H groups in total. The van der Waals surface area contributed by atoms with Crippen molar-refractivity contribution in [2.24, 2.45) is 10.8 Å². The lowest BCUT2D eigenvalue weighted by molar-refractivity contribution is -0.181. The summed E-state index contributed by atoms with van der Waals surface area (Å²) in [6, 6.07) is 0. The van der Waals surface area contributed by atoms with Gasteiger partial charge in [-0.15, -0.1) is 0 Å². The standard InChI is InChI=1S/C16H23N3O3/c1-10(2)11-6-18-19-12(11)7-17-13(20)16(14(21)22)8-15(9-16)4-3-5-15/h6,10H,3-5,7-9H2,1-2H3,(H,17,20)(H,18,19)(H,21,22). The molecule has 22 heavy (non-hydrogen) atoms. The van der Waals surface area contributed by atoms with Gasteiger partial charge in [-0.05, 0) is 42.6 Å². The van der Waals surface area contributed by atoms with Crippen LogP contribution in [0.2, 0.25) is 0 Å². The smallest absolute Gasteiger partial charge is 0.319 e. The number of amides is 1. The van der Waals surface area contributed by atoms with Crippen LogP contribution in [0.3, 0.4) is 0 Å². The second kappa shape index (κ2) is 5.11. The van der Waals surface area contributed by atoms with Gasteiger partial charge < -0.3 is 10.4 Å². The molecule has 0 unspecified atom stereocenters. The summed E-state index contributed by atoms with van der Waals surface area (Å²) in [6.45, 7) is 4.41. The highest BCUT2D eigenvalue weighted by atomic mass is 16.4. The van der Waals surface area contributed by atoms with E-state index in [0.717, 1.165) is 30.5 Å². The highest BCUT2D eigenvalue weighted by molar-refractivity contribution is 6.03. The maximum Gasteiger partial charge on any atom is 0.319 e. The molecule has 1 aromatic heterocycles. The monoisotopic (exact) mass is 305 g/mol. The molecule has 2 fully saturated rings. The van der Waals surface area contributed by atoms with E-state index in [4.69, 9.17) is 0 Å². The molecule has 0 aliphatic heterocycles. The van der Waals surface area contributed by atoms with E-state index in [1.54, 1.807) is 6.20 Å². The van der Waals surface area contributed by atoms with Crippen molar-refractivity contribution < 1.29 is 14.7 Å². The predicted molar refractivity (Wildman–Crippen MR) is 80.1 cm³/mol. The van der Waals surface area contributed by atoms with Gasteiger partial charge in [0.25, 0.3) is 0 Å². The zero-order valence-electron chi connectivity index (χ0n) is 13.1. The third-order valence-corrected chi connectivity index (χ3v) is 5.41. The normalized spacial score (nSPS) is 21.2. The number of hydrogen-bond acceptors (Lipinski definition) is 3. The van der Waals surface area contributed by atoms with Crippen LogP contribution in [0.25, 0.3) is 0 Å². The Morgan fingerprint density at radius 2 is 2.09 bits per heavy atom. The average molecular weight is 305 g/mol. The highest BCUT2D eigenvalue weighted by Crippen LogP contribution is 2.64. The molecule has 6 heteroatoms. The summed E-state index contributed by atoms with van der Waals surface area (Å²) in [5, 5.41) is 19.2. The van der Waals surface area contributed by atoms with Gasteiger partial charge in [-0.2, -0.15) is 5.10 Å². The van der Waals surface area contributed by atoms with Gasteiger partial charge >= 0.3 is 5.97 Å². The number of rotatable bonds is 5. The lowest BCUT2D eigenvalue weighted by Gasteiger charge is -2.58.